The van der Waals surface area contributed by atoms with Crippen LogP contribution < -0.4 is 0 Å². The van der Waals surface area contributed by atoms with Crippen molar-refractivity contribution in [1.82, 2.24) is 0 Å². The van der Waals surface area contributed by atoms with E-state index in [0.717, 1.165) is 5.92 Å². The van der Waals surface area contributed by atoms with Crippen LogP contribution in [0.15, 0.2) is 0 Å². The predicted molar refractivity (Wildman–Crippen MR) is 54.8 cm³/mol. The van der Waals surface area contributed by atoms with Gasteiger partial charge in [-0.1, -0.05) is 32.6 Å². The van der Waals surface area contributed by atoms with E-state index in [-0.39, 0.29) is 0 Å². The van der Waals surface area contributed by atoms with Gasteiger partial charge in [0.15, 0.2) is 0 Å². The van der Waals surface area contributed by atoms with Crippen LogP contribution in [0.3, 0.4) is 0 Å². The highest BCUT2D eigenvalue weighted by molar-refractivity contribution is 4.84. The van der Waals surface area contributed by atoms with Crippen molar-refractivity contribution in [3.05, 3.63) is 0 Å². The highest BCUT2D eigenvalue weighted by atomic mass is 16.5. The molecule has 2 atom stereocenters. The molecule has 2 bridgehead atoms. The molecule has 2 rings (SSSR count). The third kappa shape index (κ3) is 2.46. The summed E-state index contributed by atoms with van der Waals surface area (Å²) >= 11 is 0. The number of hydrogen-bond acceptors (Lipinski definition) is 1. The minimum Gasteiger partial charge on any atom is -0.375 e. The van der Waals surface area contributed by atoms with Crippen LogP contribution in [-0.2, 0) is 4.74 Å². The molecule has 2 aliphatic rings. The van der Waals surface area contributed by atoms with Gasteiger partial charge < -0.3 is 4.74 Å². The minimum absolute atomic E-state index is 0.644. The largest absolute Gasteiger partial charge is 0.375 e. The molecule has 1 heteroatoms. The first-order valence-corrected chi connectivity index (χ1v) is 6.04. The molecule has 2 aliphatic heterocycles. The molecule has 0 N–H and O–H groups in total. The molecule has 2 unspecified atom stereocenters. The van der Waals surface area contributed by atoms with E-state index in [2.05, 4.69) is 6.92 Å². The molecule has 1 nitrogen and oxygen atoms in total. The Kier molecular flexibility index (Phi) is 3.26. The van der Waals surface area contributed by atoms with Gasteiger partial charge in [-0.05, 0) is 31.6 Å². The van der Waals surface area contributed by atoms with E-state index in [9.17, 15) is 0 Å². The van der Waals surface area contributed by atoms with E-state index in [1.165, 1.54) is 51.4 Å². The van der Waals surface area contributed by atoms with Crippen molar-refractivity contribution in [2.45, 2.75) is 70.5 Å². The molecule has 0 aromatic carbocycles. The number of hydrogen-bond donors (Lipinski definition) is 0. The standard InChI is InChI=1S/C12H22O/c1-2-3-4-5-10-8-11-6-7-12(9-10)13-11/h10-12H,2-9H2,1H3. The van der Waals surface area contributed by atoms with E-state index in [1.54, 1.807) is 0 Å². The molecule has 0 radical (unpaired) electrons. The van der Waals surface area contributed by atoms with Gasteiger partial charge in [0.25, 0.3) is 0 Å². The highest BCUT2D eigenvalue weighted by Gasteiger charge is 2.34. The number of ether oxygens (including phenoxy) is 1. The van der Waals surface area contributed by atoms with Crippen LogP contribution in [0, 0.1) is 5.92 Å². The van der Waals surface area contributed by atoms with Crippen molar-refractivity contribution < 1.29 is 4.74 Å². The van der Waals surface area contributed by atoms with Crippen LogP contribution in [0.1, 0.15) is 58.3 Å². The Bertz CT molecular complexity index is 143. The maximum absolute atomic E-state index is 5.83. The molecule has 2 heterocycles. The zero-order valence-electron chi connectivity index (χ0n) is 8.80. The third-order valence-corrected chi connectivity index (χ3v) is 3.60. The first-order valence-electron chi connectivity index (χ1n) is 6.04. The topological polar surface area (TPSA) is 9.23 Å². The highest BCUT2D eigenvalue weighted by Crippen LogP contribution is 2.37. The summed E-state index contributed by atoms with van der Waals surface area (Å²) in [7, 11) is 0. The number of rotatable bonds is 4. The van der Waals surface area contributed by atoms with E-state index >= 15 is 0 Å². The lowest BCUT2D eigenvalue weighted by Gasteiger charge is -2.28. The van der Waals surface area contributed by atoms with Crippen molar-refractivity contribution in [1.29, 1.82) is 0 Å². The molecule has 2 saturated heterocycles. The smallest absolute Gasteiger partial charge is 0.0582 e. The summed E-state index contributed by atoms with van der Waals surface area (Å²) < 4.78 is 5.83. The summed E-state index contributed by atoms with van der Waals surface area (Å²) in [5.41, 5.74) is 0. The van der Waals surface area contributed by atoms with Gasteiger partial charge in [-0.2, -0.15) is 0 Å². The molecule has 0 spiro atoms. The summed E-state index contributed by atoms with van der Waals surface area (Å²) in [5.74, 6) is 0.998. The fourth-order valence-electron chi connectivity index (χ4n) is 2.89. The Morgan fingerprint density at radius 1 is 1.08 bits per heavy atom. The van der Waals surface area contributed by atoms with E-state index in [1.807, 2.05) is 0 Å². The predicted octanol–water partition coefficient (Wildman–Crippen LogP) is 3.52. The zero-order chi connectivity index (χ0) is 9.10. The average Bonchev–Trinajstić information content (AvgIpc) is 2.46. The van der Waals surface area contributed by atoms with Gasteiger partial charge in [0, 0.05) is 0 Å². The Balaban J connectivity index is 1.69. The molecule has 0 aliphatic carbocycles. The van der Waals surface area contributed by atoms with Gasteiger partial charge in [-0.25, -0.2) is 0 Å². The van der Waals surface area contributed by atoms with E-state index < -0.39 is 0 Å². The second kappa shape index (κ2) is 4.45. The second-order valence-electron chi connectivity index (χ2n) is 4.79. The van der Waals surface area contributed by atoms with Crippen LogP contribution in [0.5, 0.6) is 0 Å². The fraction of sp³-hybridized carbons (Fsp3) is 1.00. The molecular weight excluding hydrogens is 160 g/mol. The minimum atomic E-state index is 0.644. The number of unbranched alkanes of at least 4 members (excludes halogenated alkanes) is 2. The summed E-state index contributed by atoms with van der Waals surface area (Å²) in [6, 6.07) is 0. The van der Waals surface area contributed by atoms with Crippen LogP contribution >= 0.6 is 0 Å². The lowest BCUT2D eigenvalue weighted by Crippen LogP contribution is -2.24. The van der Waals surface area contributed by atoms with Crippen molar-refractivity contribution >= 4 is 0 Å². The number of fused-ring (bicyclic) bond motifs is 2. The van der Waals surface area contributed by atoms with E-state index in [0.29, 0.717) is 12.2 Å². The van der Waals surface area contributed by atoms with Crippen LogP contribution in [0.4, 0.5) is 0 Å². The first kappa shape index (κ1) is 9.51. The maximum atomic E-state index is 5.83. The van der Waals surface area contributed by atoms with Crippen LogP contribution in [0.25, 0.3) is 0 Å². The molecule has 0 amide bonds. The second-order valence-corrected chi connectivity index (χ2v) is 4.79. The molecule has 0 aromatic heterocycles. The lowest BCUT2D eigenvalue weighted by atomic mass is 9.90. The van der Waals surface area contributed by atoms with Crippen molar-refractivity contribution in [3.63, 3.8) is 0 Å². The van der Waals surface area contributed by atoms with Gasteiger partial charge in [0.1, 0.15) is 0 Å². The maximum Gasteiger partial charge on any atom is 0.0582 e. The average molecular weight is 182 g/mol. The Morgan fingerprint density at radius 2 is 1.77 bits per heavy atom. The summed E-state index contributed by atoms with van der Waals surface area (Å²) in [6.45, 7) is 2.29. The Labute approximate surface area is 81.9 Å². The van der Waals surface area contributed by atoms with Crippen LogP contribution in [-0.4, -0.2) is 12.2 Å². The Hall–Kier alpha value is -0.0400. The molecule has 0 aromatic rings. The summed E-state index contributed by atoms with van der Waals surface area (Å²) in [5, 5.41) is 0. The monoisotopic (exact) mass is 182 g/mol. The van der Waals surface area contributed by atoms with Gasteiger partial charge in [0.2, 0.25) is 0 Å². The van der Waals surface area contributed by atoms with Gasteiger partial charge >= 0.3 is 0 Å². The van der Waals surface area contributed by atoms with Crippen molar-refractivity contribution in [2.24, 2.45) is 5.92 Å². The summed E-state index contributed by atoms with van der Waals surface area (Å²) in [6.07, 6.45) is 12.4. The quantitative estimate of drug-likeness (QED) is 0.604. The summed E-state index contributed by atoms with van der Waals surface area (Å²) in [4.78, 5) is 0. The van der Waals surface area contributed by atoms with Crippen molar-refractivity contribution in [3.8, 4) is 0 Å². The molecule has 76 valence electrons. The molecular formula is C12H22O. The van der Waals surface area contributed by atoms with Gasteiger partial charge in [-0.3, -0.25) is 0 Å². The van der Waals surface area contributed by atoms with E-state index in [4.69, 9.17) is 4.74 Å². The lowest BCUT2D eigenvalue weighted by molar-refractivity contribution is -0.0212. The Morgan fingerprint density at radius 3 is 2.38 bits per heavy atom. The molecule has 0 saturated carbocycles. The fourth-order valence-corrected chi connectivity index (χ4v) is 2.89. The van der Waals surface area contributed by atoms with Gasteiger partial charge in [-0.15, -0.1) is 0 Å². The molecule has 13 heavy (non-hydrogen) atoms. The van der Waals surface area contributed by atoms with Crippen molar-refractivity contribution in [2.75, 3.05) is 0 Å². The first-order chi connectivity index (χ1) is 6.38. The third-order valence-electron chi connectivity index (χ3n) is 3.60. The van der Waals surface area contributed by atoms with Gasteiger partial charge in [0.05, 0.1) is 12.2 Å². The SMILES string of the molecule is CCCCCC1CC2CCC(C1)O2. The normalized spacial score (nSPS) is 38.1. The zero-order valence-corrected chi connectivity index (χ0v) is 8.80. The van der Waals surface area contributed by atoms with Crippen LogP contribution in [0.2, 0.25) is 0 Å². The molecule has 2 fully saturated rings.